The van der Waals surface area contributed by atoms with E-state index in [0.717, 1.165) is 46.7 Å². The first kappa shape index (κ1) is 17.4. The molecule has 2 aromatic rings. The Bertz CT molecular complexity index is 823. The van der Waals surface area contributed by atoms with Crippen LogP contribution in [0.4, 0.5) is 0 Å². The molecule has 1 fully saturated rings. The molecule has 0 aliphatic carbocycles. The molecule has 2 aliphatic heterocycles. The van der Waals surface area contributed by atoms with Crippen LogP contribution in [0.15, 0.2) is 30.5 Å². The molecule has 1 aromatic heterocycles. The Hall–Kier alpha value is -2.05. The number of benzene rings is 1. The molecule has 0 unspecified atom stereocenters. The second-order valence-corrected chi connectivity index (χ2v) is 7.68. The van der Waals surface area contributed by atoms with Crippen LogP contribution in [-0.4, -0.2) is 36.4 Å². The summed E-state index contributed by atoms with van der Waals surface area (Å²) >= 11 is 0. The van der Waals surface area contributed by atoms with E-state index in [2.05, 4.69) is 31.0 Å². The fourth-order valence-electron chi connectivity index (χ4n) is 3.81. The molecule has 6 heteroatoms. The quantitative estimate of drug-likeness (QED) is 0.857. The molecule has 0 radical (unpaired) electrons. The molecular formula is C20H24BNO4. The summed E-state index contributed by atoms with van der Waals surface area (Å²) in [6, 6.07) is 8.12. The van der Waals surface area contributed by atoms with Crippen molar-refractivity contribution in [2.24, 2.45) is 0 Å². The van der Waals surface area contributed by atoms with E-state index in [4.69, 9.17) is 14.1 Å². The number of aromatic nitrogens is 1. The van der Waals surface area contributed by atoms with Crippen molar-refractivity contribution in [3.63, 3.8) is 0 Å². The molecule has 0 saturated carbocycles. The predicted octanol–water partition coefficient (Wildman–Crippen LogP) is 3.46. The van der Waals surface area contributed by atoms with E-state index in [1.54, 1.807) is 7.11 Å². The predicted molar refractivity (Wildman–Crippen MR) is 101 cm³/mol. The molecule has 0 bridgehead atoms. The highest BCUT2D eigenvalue weighted by atomic mass is 16.5. The summed E-state index contributed by atoms with van der Waals surface area (Å²) in [6.07, 6.45) is 4.33. The number of pyridine rings is 1. The summed E-state index contributed by atoms with van der Waals surface area (Å²) in [5.74, 6) is 1.80. The van der Waals surface area contributed by atoms with Crippen molar-refractivity contribution < 1.29 is 19.2 Å². The van der Waals surface area contributed by atoms with Gasteiger partial charge in [-0.3, -0.25) is 4.98 Å². The van der Waals surface area contributed by atoms with Gasteiger partial charge in [-0.05, 0) is 62.8 Å². The van der Waals surface area contributed by atoms with Crippen LogP contribution in [0.25, 0.3) is 11.3 Å². The fourth-order valence-corrected chi connectivity index (χ4v) is 3.81. The third-order valence-electron chi connectivity index (χ3n) is 5.31. The third-order valence-corrected chi connectivity index (χ3v) is 5.31. The minimum atomic E-state index is -0.666. The molecule has 136 valence electrons. The van der Waals surface area contributed by atoms with E-state index in [1.165, 1.54) is 0 Å². The monoisotopic (exact) mass is 353 g/mol. The second-order valence-electron chi connectivity index (χ2n) is 7.68. The molecule has 1 aromatic carbocycles. The zero-order chi connectivity index (χ0) is 18.3. The van der Waals surface area contributed by atoms with Gasteiger partial charge in [-0.1, -0.05) is 0 Å². The number of nitrogens with zero attached hydrogens (tertiary/aromatic N) is 1. The molecule has 1 N–H and O–H groups in total. The van der Waals surface area contributed by atoms with Crippen molar-refractivity contribution >= 4 is 7.12 Å². The number of hydrogen-bond donors (Lipinski definition) is 1. The number of hydrogen-bond acceptors (Lipinski definition) is 5. The summed E-state index contributed by atoms with van der Waals surface area (Å²) in [7, 11) is 1.01. The van der Waals surface area contributed by atoms with Crippen LogP contribution in [0, 0.1) is 0 Å². The zero-order valence-corrected chi connectivity index (χ0v) is 15.5. The fraction of sp³-hybridized carbons (Fsp3) is 0.450. The molecular weight excluding hydrogens is 329 g/mol. The van der Waals surface area contributed by atoms with Crippen molar-refractivity contribution in [3.8, 4) is 22.8 Å². The van der Waals surface area contributed by atoms with Crippen LogP contribution in [0.1, 0.15) is 37.3 Å². The molecule has 0 amide bonds. The third kappa shape index (κ3) is 3.19. The van der Waals surface area contributed by atoms with Gasteiger partial charge in [0.1, 0.15) is 5.60 Å². The Morgan fingerprint density at radius 2 is 2.15 bits per heavy atom. The van der Waals surface area contributed by atoms with Crippen LogP contribution >= 0.6 is 0 Å². The average molecular weight is 353 g/mol. The van der Waals surface area contributed by atoms with Gasteiger partial charge < -0.3 is 19.2 Å². The molecule has 0 spiro atoms. The lowest BCUT2D eigenvalue weighted by atomic mass is 9.79. The lowest BCUT2D eigenvalue weighted by Crippen LogP contribution is -2.33. The van der Waals surface area contributed by atoms with Gasteiger partial charge in [0.05, 0.1) is 12.8 Å². The van der Waals surface area contributed by atoms with Crippen LogP contribution in [0.3, 0.4) is 0 Å². The zero-order valence-electron chi connectivity index (χ0n) is 15.5. The maximum Gasteiger partial charge on any atom is 0.454 e. The normalized spacial score (nSPS) is 21.2. The molecule has 26 heavy (non-hydrogen) atoms. The van der Waals surface area contributed by atoms with Gasteiger partial charge in [-0.15, -0.1) is 0 Å². The van der Waals surface area contributed by atoms with Crippen molar-refractivity contribution in [1.82, 2.24) is 4.98 Å². The molecule has 2 aliphatic rings. The summed E-state index contributed by atoms with van der Waals surface area (Å²) in [6.45, 7) is 4.75. The Morgan fingerprint density at radius 3 is 2.88 bits per heavy atom. The molecule has 1 atom stereocenters. The lowest BCUT2D eigenvalue weighted by Gasteiger charge is -2.34. The van der Waals surface area contributed by atoms with E-state index < -0.39 is 7.12 Å². The van der Waals surface area contributed by atoms with Gasteiger partial charge in [0.15, 0.2) is 11.5 Å². The summed E-state index contributed by atoms with van der Waals surface area (Å²) < 4.78 is 17.1. The first-order chi connectivity index (χ1) is 12.5. The molecule has 4 rings (SSSR count). The van der Waals surface area contributed by atoms with Gasteiger partial charge in [-0.25, -0.2) is 0 Å². The van der Waals surface area contributed by atoms with E-state index in [-0.39, 0.29) is 11.5 Å². The van der Waals surface area contributed by atoms with Crippen molar-refractivity contribution in [3.05, 3.63) is 41.6 Å². The molecule has 3 heterocycles. The average Bonchev–Trinajstić information content (AvgIpc) is 3.06. The molecule has 1 saturated heterocycles. The van der Waals surface area contributed by atoms with E-state index in [9.17, 15) is 5.02 Å². The number of fused-ring (bicyclic) bond motifs is 1. The van der Waals surface area contributed by atoms with Crippen LogP contribution in [0.2, 0.25) is 6.32 Å². The van der Waals surface area contributed by atoms with Gasteiger partial charge >= 0.3 is 7.12 Å². The van der Waals surface area contributed by atoms with Gasteiger partial charge in [0, 0.05) is 29.8 Å². The maximum absolute atomic E-state index is 9.64. The van der Waals surface area contributed by atoms with Gasteiger partial charge in [0.2, 0.25) is 0 Å². The summed E-state index contributed by atoms with van der Waals surface area (Å²) in [5, 5.41) is 9.64. The maximum atomic E-state index is 9.64. The number of ether oxygens (including phenoxy) is 2. The first-order valence-corrected chi connectivity index (χ1v) is 9.12. The standard InChI is InChI=1S/C20H24BNO4/c1-20(2)8-6-16-15(4-5-18(24-3)19(16)26-20)17-10-13(7-9-22-17)14-11-21(23)25-12-14/h4-5,7,9-10,14,23H,6,8,11-12H2,1-3H3/t14-/m0/s1. The second kappa shape index (κ2) is 6.60. The highest BCUT2D eigenvalue weighted by Crippen LogP contribution is 2.44. The summed E-state index contributed by atoms with van der Waals surface area (Å²) in [5.41, 5.74) is 4.10. The van der Waals surface area contributed by atoms with E-state index >= 15 is 0 Å². The minimum absolute atomic E-state index is 0.203. The largest absolute Gasteiger partial charge is 0.493 e. The van der Waals surface area contributed by atoms with Crippen molar-refractivity contribution in [1.29, 1.82) is 0 Å². The van der Waals surface area contributed by atoms with E-state index in [0.29, 0.717) is 12.9 Å². The topological polar surface area (TPSA) is 60.8 Å². The Morgan fingerprint density at radius 1 is 1.31 bits per heavy atom. The molecule has 5 nitrogen and oxygen atoms in total. The van der Waals surface area contributed by atoms with Crippen LogP contribution in [0.5, 0.6) is 11.5 Å². The van der Waals surface area contributed by atoms with E-state index in [1.807, 2.05) is 18.3 Å². The lowest BCUT2D eigenvalue weighted by molar-refractivity contribution is 0.0806. The summed E-state index contributed by atoms with van der Waals surface area (Å²) in [4.78, 5) is 4.60. The Labute approximate surface area is 154 Å². The van der Waals surface area contributed by atoms with Crippen LogP contribution in [-0.2, 0) is 11.1 Å². The van der Waals surface area contributed by atoms with Crippen LogP contribution < -0.4 is 9.47 Å². The van der Waals surface area contributed by atoms with Gasteiger partial charge in [0.25, 0.3) is 0 Å². The van der Waals surface area contributed by atoms with Crippen molar-refractivity contribution in [2.75, 3.05) is 13.7 Å². The van der Waals surface area contributed by atoms with Gasteiger partial charge in [-0.2, -0.15) is 0 Å². The smallest absolute Gasteiger partial charge is 0.454 e. The number of rotatable bonds is 3. The Balaban J connectivity index is 1.75. The Kier molecular flexibility index (Phi) is 4.41. The highest BCUT2D eigenvalue weighted by molar-refractivity contribution is 6.43. The SMILES string of the molecule is COc1ccc(-c2cc([C@@H]3COB(O)C3)ccn2)c2c1OC(C)(C)CC2. The first-order valence-electron chi connectivity index (χ1n) is 9.12. The highest BCUT2D eigenvalue weighted by Gasteiger charge is 2.32. The number of methoxy groups -OCH3 is 1. The van der Waals surface area contributed by atoms with Crippen molar-refractivity contribution in [2.45, 2.75) is 44.5 Å². The minimum Gasteiger partial charge on any atom is -0.493 e.